The van der Waals surface area contributed by atoms with Crippen LogP contribution in [-0.4, -0.2) is 66.7 Å². The Hall–Kier alpha value is -2.87. The van der Waals surface area contributed by atoms with Crippen LogP contribution in [0.4, 0.5) is 11.4 Å². The number of allylic oxidation sites excluding steroid dienone is 1. The summed E-state index contributed by atoms with van der Waals surface area (Å²) in [6.07, 6.45) is 7.87. The van der Waals surface area contributed by atoms with Crippen LogP contribution in [0, 0.1) is 23.7 Å². The van der Waals surface area contributed by atoms with Gasteiger partial charge in [0.15, 0.2) is 0 Å². The number of rotatable bonds is 14. The Kier molecular flexibility index (Phi) is 11.2. The number of hydrogen-bond donors (Lipinski definition) is 2. The second kappa shape index (κ2) is 14.3. The maximum Gasteiger partial charge on any atom is 0.310 e. The molecule has 1 saturated heterocycles. The average molecular weight is 528 g/mol. The highest BCUT2D eigenvalue weighted by molar-refractivity contribution is 6.01. The van der Waals surface area contributed by atoms with Crippen LogP contribution in [0.15, 0.2) is 36.4 Å². The van der Waals surface area contributed by atoms with E-state index in [4.69, 9.17) is 9.84 Å². The highest BCUT2D eigenvalue weighted by atomic mass is 16.5. The molecule has 2 aliphatic rings. The van der Waals surface area contributed by atoms with Crippen LogP contribution < -0.4 is 10.2 Å². The molecule has 8 heteroatoms. The number of benzene rings is 1. The summed E-state index contributed by atoms with van der Waals surface area (Å²) >= 11 is 0. The minimum atomic E-state index is -0.696. The highest BCUT2D eigenvalue weighted by Gasteiger charge is 2.57. The summed E-state index contributed by atoms with van der Waals surface area (Å²) in [5.74, 6) is -2.43. The molecular formula is C30H45N3O5. The van der Waals surface area contributed by atoms with Gasteiger partial charge < -0.3 is 25.0 Å². The predicted octanol–water partition coefficient (Wildman–Crippen LogP) is 4.24. The predicted molar refractivity (Wildman–Crippen MR) is 150 cm³/mol. The first-order chi connectivity index (χ1) is 18.4. The number of nitrogens with zero attached hydrogens (tertiary/aromatic N) is 2. The van der Waals surface area contributed by atoms with E-state index in [0.29, 0.717) is 18.7 Å². The van der Waals surface area contributed by atoms with Crippen molar-refractivity contribution in [1.82, 2.24) is 4.90 Å². The van der Waals surface area contributed by atoms with Crippen molar-refractivity contribution in [2.75, 3.05) is 43.1 Å². The van der Waals surface area contributed by atoms with E-state index in [1.165, 1.54) is 0 Å². The lowest BCUT2D eigenvalue weighted by Gasteiger charge is -2.33. The van der Waals surface area contributed by atoms with Gasteiger partial charge in [-0.2, -0.15) is 0 Å². The lowest BCUT2D eigenvalue weighted by atomic mass is 9.69. The number of anilines is 2. The molecule has 0 radical (unpaired) electrons. The Morgan fingerprint density at radius 2 is 1.68 bits per heavy atom. The number of ether oxygens (including phenoxy) is 1. The second-order valence-electron chi connectivity index (χ2n) is 10.2. The number of likely N-dealkylation sites (tertiary alicyclic amines) is 1. The van der Waals surface area contributed by atoms with Gasteiger partial charge in [0, 0.05) is 43.5 Å². The van der Waals surface area contributed by atoms with Crippen LogP contribution in [0.1, 0.15) is 59.8 Å². The van der Waals surface area contributed by atoms with Crippen LogP contribution in [0.3, 0.4) is 0 Å². The van der Waals surface area contributed by atoms with Crippen molar-refractivity contribution >= 4 is 29.2 Å². The van der Waals surface area contributed by atoms with Gasteiger partial charge in [-0.05, 0) is 70.2 Å². The van der Waals surface area contributed by atoms with Gasteiger partial charge in [0.1, 0.15) is 6.04 Å². The van der Waals surface area contributed by atoms with Gasteiger partial charge in [0.05, 0.1) is 18.4 Å². The summed E-state index contributed by atoms with van der Waals surface area (Å²) < 4.78 is 5.40. The first-order valence-electron chi connectivity index (χ1n) is 14.3. The fraction of sp³-hybridized carbons (Fsp3) is 0.633. The number of fused-ring (bicyclic) bond motifs is 1. The summed E-state index contributed by atoms with van der Waals surface area (Å²) in [5, 5.41) is 12.1. The molecule has 3 rings (SSSR count). The molecule has 1 aliphatic carbocycles. The van der Waals surface area contributed by atoms with Crippen molar-refractivity contribution in [3.05, 3.63) is 36.4 Å². The summed E-state index contributed by atoms with van der Waals surface area (Å²) in [6, 6.07) is 7.08. The number of amides is 2. The van der Waals surface area contributed by atoms with Gasteiger partial charge in [-0.3, -0.25) is 14.4 Å². The first-order valence-corrected chi connectivity index (χ1v) is 14.3. The van der Waals surface area contributed by atoms with Crippen molar-refractivity contribution in [3.63, 3.8) is 0 Å². The lowest BCUT2D eigenvalue weighted by molar-refractivity contribution is -0.155. The van der Waals surface area contributed by atoms with E-state index in [0.717, 1.165) is 44.5 Å². The van der Waals surface area contributed by atoms with E-state index in [1.54, 1.807) is 11.8 Å². The second-order valence-corrected chi connectivity index (χ2v) is 10.2. The molecule has 5 atom stereocenters. The molecule has 2 N–H and O–H groups in total. The zero-order chi connectivity index (χ0) is 27.7. The summed E-state index contributed by atoms with van der Waals surface area (Å²) in [6.45, 7) is 10.6. The molecule has 0 aromatic heterocycles. The molecule has 38 heavy (non-hydrogen) atoms. The molecule has 0 unspecified atom stereocenters. The van der Waals surface area contributed by atoms with E-state index in [2.05, 4.69) is 24.1 Å². The monoisotopic (exact) mass is 527 g/mol. The Balaban J connectivity index is 1.87. The number of hydrogen-bond acceptors (Lipinski definition) is 6. The van der Waals surface area contributed by atoms with Crippen molar-refractivity contribution in [2.45, 2.75) is 65.8 Å². The van der Waals surface area contributed by atoms with E-state index < -0.39 is 23.8 Å². The van der Waals surface area contributed by atoms with Crippen LogP contribution >= 0.6 is 0 Å². The zero-order valence-electron chi connectivity index (χ0n) is 23.4. The Bertz CT molecular complexity index is 959. The molecule has 0 bridgehead atoms. The van der Waals surface area contributed by atoms with Crippen LogP contribution in [0.25, 0.3) is 0 Å². The van der Waals surface area contributed by atoms with Gasteiger partial charge in [-0.25, -0.2) is 0 Å². The molecule has 8 nitrogen and oxygen atoms in total. The number of aliphatic hydroxyl groups is 1. The Morgan fingerprint density at radius 3 is 2.29 bits per heavy atom. The van der Waals surface area contributed by atoms with Crippen molar-refractivity contribution in [2.24, 2.45) is 23.7 Å². The smallest absolute Gasteiger partial charge is 0.310 e. The third kappa shape index (κ3) is 6.57. The minimum Gasteiger partial charge on any atom is -0.466 e. The van der Waals surface area contributed by atoms with Crippen molar-refractivity contribution < 1.29 is 24.2 Å². The normalized spacial score (nSPS) is 24.3. The zero-order valence-corrected chi connectivity index (χ0v) is 23.4. The molecule has 1 heterocycles. The molecular weight excluding hydrogens is 482 g/mol. The third-order valence-corrected chi connectivity index (χ3v) is 7.98. The topological polar surface area (TPSA) is 99.2 Å². The van der Waals surface area contributed by atoms with Gasteiger partial charge in [-0.15, -0.1) is 0 Å². The van der Waals surface area contributed by atoms with E-state index in [1.807, 2.05) is 43.3 Å². The van der Waals surface area contributed by atoms with Crippen LogP contribution in [-0.2, 0) is 19.1 Å². The highest BCUT2D eigenvalue weighted by Crippen LogP contribution is 2.45. The van der Waals surface area contributed by atoms with Gasteiger partial charge in [0.25, 0.3) is 0 Å². The standard InChI is InChI=1S/C30H45N3O5/c1-5-21-13-18-24-26(25(21)30(37)38-8-4)29(36)33(19-11-9-10-12-20-34)27(24)28(35)31-22-14-16-23(17-15-22)32(6-2)7-3/h13-18,21,24-27,34H,5-12,19-20H2,1-4H3,(H,31,35)/t21-,24+,25-,26+,27+/m1/s1. The van der Waals surface area contributed by atoms with E-state index in [9.17, 15) is 14.4 Å². The summed E-state index contributed by atoms with van der Waals surface area (Å²) in [7, 11) is 0. The largest absolute Gasteiger partial charge is 0.466 e. The van der Waals surface area contributed by atoms with Crippen LogP contribution in [0.2, 0.25) is 0 Å². The number of aliphatic hydroxyl groups excluding tert-OH is 1. The molecule has 1 aliphatic heterocycles. The number of unbranched alkanes of at least 4 members (excludes halogenated alkanes) is 3. The van der Waals surface area contributed by atoms with Crippen LogP contribution in [0.5, 0.6) is 0 Å². The molecule has 210 valence electrons. The van der Waals surface area contributed by atoms with Crippen molar-refractivity contribution in [3.8, 4) is 0 Å². The fourth-order valence-electron chi connectivity index (χ4n) is 6.00. The molecule has 1 aromatic carbocycles. The lowest BCUT2D eigenvalue weighted by Crippen LogP contribution is -2.44. The van der Waals surface area contributed by atoms with Gasteiger partial charge in [-0.1, -0.05) is 31.9 Å². The molecule has 1 aromatic rings. The molecule has 2 amide bonds. The number of carbonyl (C=O) groups is 3. The molecule has 0 saturated carbocycles. The minimum absolute atomic E-state index is 0.0971. The molecule has 0 spiro atoms. The van der Waals surface area contributed by atoms with E-state index in [-0.39, 0.29) is 36.9 Å². The number of nitrogens with one attached hydrogen (secondary N) is 1. The van der Waals surface area contributed by atoms with Crippen molar-refractivity contribution in [1.29, 1.82) is 0 Å². The third-order valence-electron chi connectivity index (χ3n) is 7.98. The number of carbonyl (C=O) groups excluding carboxylic acids is 3. The Labute approximate surface area is 227 Å². The first kappa shape index (κ1) is 29.7. The number of esters is 1. The van der Waals surface area contributed by atoms with E-state index >= 15 is 0 Å². The maximum absolute atomic E-state index is 13.9. The maximum atomic E-state index is 13.9. The summed E-state index contributed by atoms with van der Waals surface area (Å²) in [5.41, 5.74) is 1.77. The average Bonchev–Trinajstić information content (AvgIpc) is 3.21. The SMILES string of the molecule is CCOC(=O)[C@H]1[C@H]2C(=O)N(CCCCCCO)[C@H](C(=O)Nc3ccc(N(CC)CC)cc3)[C@H]2C=C[C@H]1CC. The van der Waals surface area contributed by atoms with Gasteiger partial charge >= 0.3 is 5.97 Å². The van der Waals surface area contributed by atoms with Gasteiger partial charge in [0.2, 0.25) is 11.8 Å². The molecule has 1 fully saturated rings. The summed E-state index contributed by atoms with van der Waals surface area (Å²) in [4.78, 5) is 44.6. The quantitative estimate of drug-likeness (QED) is 0.213. The fourth-order valence-corrected chi connectivity index (χ4v) is 6.00. The Morgan fingerprint density at radius 1 is 1.00 bits per heavy atom.